The van der Waals surface area contributed by atoms with Crippen molar-refractivity contribution in [3.63, 3.8) is 0 Å². The Labute approximate surface area is 184 Å². The maximum atomic E-state index is 12.8. The van der Waals surface area contributed by atoms with E-state index >= 15 is 0 Å². The number of carbonyl (C=O) groups is 2. The predicted molar refractivity (Wildman–Crippen MR) is 122 cm³/mol. The molecule has 8 nitrogen and oxygen atoms in total. The molecular formula is C24H26N4O4. The minimum Gasteiger partial charge on any atom is -0.369 e. The summed E-state index contributed by atoms with van der Waals surface area (Å²) < 4.78 is 2.96. The fourth-order valence-corrected chi connectivity index (χ4v) is 4.33. The molecule has 8 heteroatoms. The van der Waals surface area contributed by atoms with Crippen LogP contribution in [0.2, 0.25) is 0 Å². The van der Waals surface area contributed by atoms with E-state index in [0.717, 1.165) is 5.56 Å². The Morgan fingerprint density at radius 1 is 0.906 bits per heavy atom. The first-order valence-corrected chi connectivity index (χ1v) is 10.8. The number of para-hydroxylation sites is 2. The average molecular weight is 434 g/mol. The number of primary amides is 1. The van der Waals surface area contributed by atoms with Gasteiger partial charge in [0.05, 0.1) is 17.6 Å². The van der Waals surface area contributed by atoms with Crippen molar-refractivity contribution in [2.45, 2.75) is 32.9 Å². The highest BCUT2D eigenvalue weighted by molar-refractivity contribution is 5.94. The van der Waals surface area contributed by atoms with E-state index in [1.54, 1.807) is 29.2 Å². The van der Waals surface area contributed by atoms with Crippen molar-refractivity contribution in [1.29, 1.82) is 0 Å². The number of aryl methyl sites for hydroxylation is 1. The monoisotopic (exact) mass is 434 g/mol. The van der Waals surface area contributed by atoms with Crippen molar-refractivity contribution >= 4 is 22.8 Å². The van der Waals surface area contributed by atoms with Gasteiger partial charge in [0.1, 0.15) is 0 Å². The van der Waals surface area contributed by atoms with E-state index in [9.17, 15) is 19.2 Å². The number of carbonyl (C=O) groups excluding carboxylic acids is 2. The third-order valence-corrected chi connectivity index (χ3v) is 6.18. The number of aromatic nitrogens is 2. The summed E-state index contributed by atoms with van der Waals surface area (Å²) in [5, 5.41) is 0. The SMILES string of the molecule is CCn1c(=O)c(=O)n(Cc2ccc(C(=O)N3CCC(C(N)=O)CC3)cc2)c2ccccc21. The van der Waals surface area contributed by atoms with Crippen molar-refractivity contribution in [1.82, 2.24) is 14.0 Å². The largest absolute Gasteiger partial charge is 0.369 e. The van der Waals surface area contributed by atoms with Crippen molar-refractivity contribution in [3.8, 4) is 0 Å². The summed E-state index contributed by atoms with van der Waals surface area (Å²) in [6.07, 6.45) is 1.16. The lowest BCUT2D eigenvalue weighted by atomic mass is 9.96. The van der Waals surface area contributed by atoms with Crippen LogP contribution in [0.25, 0.3) is 11.0 Å². The third-order valence-electron chi connectivity index (χ3n) is 6.18. The molecule has 1 aliphatic heterocycles. The maximum Gasteiger partial charge on any atom is 0.317 e. The van der Waals surface area contributed by atoms with E-state index in [4.69, 9.17) is 5.73 Å². The van der Waals surface area contributed by atoms with Gasteiger partial charge in [-0.25, -0.2) is 0 Å². The molecule has 0 bridgehead atoms. The molecule has 1 aromatic heterocycles. The molecule has 0 radical (unpaired) electrons. The zero-order valence-corrected chi connectivity index (χ0v) is 18.0. The second kappa shape index (κ2) is 8.82. The van der Waals surface area contributed by atoms with E-state index in [2.05, 4.69) is 0 Å². The molecule has 0 atom stereocenters. The Bertz CT molecular complexity index is 1280. The molecule has 2 N–H and O–H groups in total. The van der Waals surface area contributed by atoms with Crippen LogP contribution in [0.5, 0.6) is 0 Å². The molecule has 1 fully saturated rings. The molecule has 2 amide bonds. The van der Waals surface area contributed by atoms with Crippen LogP contribution >= 0.6 is 0 Å². The molecule has 32 heavy (non-hydrogen) atoms. The van der Waals surface area contributed by atoms with E-state index in [0.29, 0.717) is 49.1 Å². The number of hydrogen-bond donors (Lipinski definition) is 1. The molecule has 0 saturated carbocycles. The molecule has 0 unspecified atom stereocenters. The number of nitrogens with two attached hydrogens (primary N) is 1. The van der Waals surface area contributed by atoms with Gasteiger partial charge in [-0.1, -0.05) is 24.3 Å². The van der Waals surface area contributed by atoms with E-state index in [-0.39, 0.29) is 24.3 Å². The minimum absolute atomic E-state index is 0.0902. The number of benzene rings is 2. The fraction of sp³-hybridized carbons (Fsp3) is 0.333. The van der Waals surface area contributed by atoms with Crippen LogP contribution < -0.4 is 16.9 Å². The minimum atomic E-state index is -0.567. The second-order valence-corrected chi connectivity index (χ2v) is 8.10. The molecule has 166 valence electrons. The standard InChI is InChI=1S/C24H26N4O4/c1-2-27-19-5-3-4-6-20(19)28(24(32)23(27)31)15-16-7-9-18(10-8-16)22(30)26-13-11-17(12-14-26)21(25)29/h3-10,17H,2,11-15H2,1H3,(H2,25,29). The molecule has 2 aromatic carbocycles. The highest BCUT2D eigenvalue weighted by Gasteiger charge is 2.26. The Balaban J connectivity index is 1.56. The van der Waals surface area contributed by atoms with Gasteiger partial charge >= 0.3 is 11.1 Å². The van der Waals surface area contributed by atoms with Crippen LogP contribution in [0.1, 0.15) is 35.7 Å². The summed E-state index contributed by atoms with van der Waals surface area (Å²) in [4.78, 5) is 51.2. The number of amides is 2. The van der Waals surface area contributed by atoms with Gasteiger partial charge in [-0.15, -0.1) is 0 Å². The van der Waals surface area contributed by atoms with Gasteiger partial charge in [-0.05, 0) is 49.6 Å². The molecule has 4 rings (SSSR count). The van der Waals surface area contributed by atoms with Crippen molar-refractivity contribution < 1.29 is 9.59 Å². The molecule has 2 heterocycles. The second-order valence-electron chi connectivity index (χ2n) is 8.10. The first kappa shape index (κ1) is 21.5. The molecule has 0 aliphatic carbocycles. The highest BCUT2D eigenvalue weighted by Crippen LogP contribution is 2.19. The van der Waals surface area contributed by atoms with Crippen molar-refractivity contribution in [3.05, 3.63) is 80.4 Å². The quantitative estimate of drug-likeness (QED) is 0.615. The van der Waals surface area contributed by atoms with Crippen molar-refractivity contribution in [2.24, 2.45) is 11.7 Å². The average Bonchev–Trinajstić information content (AvgIpc) is 2.82. The molecule has 3 aromatic rings. The maximum absolute atomic E-state index is 12.8. The zero-order chi connectivity index (χ0) is 22.8. The number of fused-ring (bicyclic) bond motifs is 1. The summed E-state index contributed by atoms with van der Waals surface area (Å²) in [5.41, 5.74) is 7.02. The summed E-state index contributed by atoms with van der Waals surface area (Å²) in [6.45, 7) is 3.50. The van der Waals surface area contributed by atoms with Crippen LogP contribution in [0.4, 0.5) is 0 Å². The van der Waals surface area contributed by atoms with Crippen LogP contribution in [-0.2, 0) is 17.9 Å². The van der Waals surface area contributed by atoms with Gasteiger partial charge in [0.25, 0.3) is 5.91 Å². The molecular weight excluding hydrogens is 408 g/mol. The summed E-state index contributed by atoms with van der Waals surface area (Å²) in [7, 11) is 0. The molecule has 0 spiro atoms. The summed E-state index contributed by atoms with van der Waals surface area (Å²) in [6, 6.07) is 14.4. The topological polar surface area (TPSA) is 107 Å². The lowest BCUT2D eigenvalue weighted by molar-refractivity contribution is -0.123. The number of piperidine rings is 1. The first-order chi connectivity index (χ1) is 15.4. The van der Waals surface area contributed by atoms with Gasteiger partial charge in [0, 0.05) is 31.1 Å². The van der Waals surface area contributed by atoms with Crippen LogP contribution in [-0.4, -0.2) is 38.9 Å². The van der Waals surface area contributed by atoms with E-state index in [1.165, 1.54) is 9.13 Å². The zero-order valence-electron chi connectivity index (χ0n) is 18.0. The number of nitrogens with zero attached hydrogens (tertiary/aromatic N) is 3. The number of rotatable bonds is 5. The smallest absolute Gasteiger partial charge is 0.317 e. The Morgan fingerprint density at radius 2 is 1.47 bits per heavy atom. The Morgan fingerprint density at radius 3 is 2.03 bits per heavy atom. The van der Waals surface area contributed by atoms with Gasteiger partial charge < -0.3 is 15.2 Å². The summed E-state index contributed by atoms with van der Waals surface area (Å²) >= 11 is 0. The predicted octanol–water partition coefficient (Wildman–Crippen LogP) is 1.57. The van der Waals surface area contributed by atoms with E-state index in [1.807, 2.05) is 31.2 Å². The van der Waals surface area contributed by atoms with E-state index < -0.39 is 11.1 Å². The lowest BCUT2D eigenvalue weighted by Crippen LogP contribution is -2.41. The highest BCUT2D eigenvalue weighted by atomic mass is 16.2. The number of likely N-dealkylation sites (tertiary alicyclic amines) is 1. The van der Waals surface area contributed by atoms with Gasteiger partial charge in [-0.2, -0.15) is 0 Å². The normalized spacial score (nSPS) is 14.6. The lowest BCUT2D eigenvalue weighted by Gasteiger charge is -2.30. The van der Waals surface area contributed by atoms with Crippen LogP contribution in [0.3, 0.4) is 0 Å². The van der Waals surface area contributed by atoms with Crippen molar-refractivity contribution in [2.75, 3.05) is 13.1 Å². The Kier molecular flexibility index (Phi) is 5.94. The number of hydrogen-bond acceptors (Lipinski definition) is 4. The first-order valence-electron chi connectivity index (χ1n) is 10.8. The van der Waals surface area contributed by atoms with Crippen LogP contribution in [0, 0.1) is 5.92 Å². The third kappa shape index (κ3) is 3.95. The fourth-order valence-electron chi connectivity index (χ4n) is 4.33. The molecule has 1 saturated heterocycles. The van der Waals surface area contributed by atoms with Crippen LogP contribution in [0.15, 0.2) is 58.1 Å². The van der Waals surface area contributed by atoms with Gasteiger partial charge in [0.2, 0.25) is 5.91 Å². The van der Waals surface area contributed by atoms with Gasteiger partial charge in [-0.3, -0.25) is 23.7 Å². The Hall–Kier alpha value is -3.68. The molecule has 1 aliphatic rings. The summed E-state index contributed by atoms with van der Waals surface area (Å²) in [5.74, 6) is -0.568. The van der Waals surface area contributed by atoms with Gasteiger partial charge in [0.15, 0.2) is 0 Å².